The fourth-order valence-corrected chi connectivity index (χ4v) is 4.97. The van der Waals surface area contributed by atoms with Crippen LogP contribution in [0, 0.1) is 17.8 Å². The Labute approximate surface area is 90.7 Å². The van der Waals surface area contributed by atoms with Crippen molar-refractivity contribution in [1.82, 2.24) is 4.98 Å². The monoisotopic (exact) mass is 203 g/mol. The smallest absolute Gasteiger partial charge is 0.241 e. The van der Waals surface area contributed by atoms with Gasteiger partial charge in [0.15, 0.2) is 0 Å². The molecule has 0 unspecified atom stereocenters. The second-order valence-corrected chi connectivity index (χ2v) is 6.16. The van der Waals surface area contributed by atoms with Gasteiger partial charge in [-0.05, 0) is 56.3 Å². The fraction of sp³-hybridized carbons (Fsp3) is 0.769. The molecule has 0 spiro atoms. The Balaban J connectivity index is 1.77. The van der Waals surface area contributed by atoms with E-state index in [1.54, 1.807) is 0 Å². The highest BCUT2D eigenvalue weighted by atomic mass is 15.1. The van der Waals surface area contributed by atoms with Gasteiger partial charge in [-0.2, -0.15) is 0 Å². The fourth-order valence-electron chi connectivity index (χ4n) is 4.97. The van der Waals surface area contributed by atoms with Gasteiger partial charge in [-0.1, -0.05) is 0 Å². The van der Waals surface area contributed by atoms with Crippen molar-refractivity contribution in [2.75, 3.05) is 0 Å². The molecule has 0 amide bonds. The molecular weight excluding hydrogens is 184 g/mol. The number of nitrogens with zero attached hydrogens (tertiary/aromatic N) is 1. The summed E-state index contributed by atoms with van der Waals surface area (Å²) in [5.41, 5.74) is 0.509. The first-order chi connectivity index (χ1) is 7.34. The maximum atomic E-state index is 3.22. The van der Waals surface area contributed by atoms with Crippen LogP contribution in [0.15, 0.2) is 18.7 Å². The number of nitrogens with one attached hydrogen (secondary N) is 1. The average Bonchev–Trinajstić information content (AvgIpc) is 2.67. The number of imidazole rings is 1. The van der Waals surface area contributed by atoms with Crippen LogP contribution < -0.4 is 4.57 Å². The summed E-state index contributed by atoms with van der Waals surface area (Å²) in [4.78, 5) is 3.22. The predicted octanol–water partition coefficient (Wildman–Crippen LogP) is 2.23. The maximum Gasteiger partial charge on any atom is 0.241 e. The molecule has 0 radical (unpaired) electrons. The zero-order valence-corrected chi connectivity index (χ0v) is 9.15. The molecule has 0 aliphatic heterocycles. The van der Waals surface area contributed by atoms with Gasteiger partial charge in [-0.25, -0.2) is 4.57 Å². The third kappa shape index (κ3) is 1.08. The van der Waals surface area contributed by atoms with Crippen LogP contribution in [0.5, 0.6) is 0 Å². The minimum absolute atomic E-state index is 0.509. The van der Waals surface area contributed by atoms with Crippen LogP contribution in [0.1, 0.15) is 38.5 Å². The molecular formula is C13H19N2+. The van der Waals surface area contributed by atoms with Crippen LogP contribution in [-0.4, -0.2) is 4.98 Å². The zero-order chi connectivity index (χ0) is 9.88. The summed E-state index contributed by atoms with van der Waals surface area (Å²) in [6.45, 7) is 0. The Morgan fingerprint density at radius 1 is 1.00 bits per heavy atom. The summed E-state index contributed by atoms with van der Waals surface area (Å²) < 4.78 is 2.48. The van der Waals surface area contributed by atoms with Gasteiger partial charge in [0.05, 0.1) is 0 Å². The van der Waals surface area contributed by atoms with Crippen molar-refractivity contribution in [2.24, 2.45) is 17.8 Å². The SMILES string of the molecule is c1c[n+](C23CC4CC(CC(C4)C2)C3)c[nH]1. The van der Waals surface area contributed by atoms with Crippen molar-refractivity contribution < 1.29 is 4.57 Å². The summed E-state index contributed by atoms with van der Waals surface area (Å²) in [6.07, 6.45) is 15.4. The molecule has 4 fully saturated rings. The first-order valence-corrected chi connectivity index (χ1v) is 6.39. The molecule has 2 nitrogen and oxygen atoms in total. The van der Waals surface area contributed by atoms with Gasteiger partial charge in [0.25, 0.3) is 0 Å². The van der Waals surface area contributed by atoms with Crippen molar-refractivity contribution in [3.05, 3.63) is 18.7 Å². The molecule has 1 aromatic rings. The molecule has 4 aliphatic rings. The van der Waals surface area contributed by atoms with E-state index < -0.39 is 0 Å². The van der Waals surface area contributed by atoms with Crippen molar-refractivity contribution >= 4 is 0 Å². The van der Waals surface area contributed by atoms with E-state index in [0.717, 1.165) is 17.8 Å². The molecule has 4 aliphatic carbocycles. The minimum Gasteiger partial charge on any atom is -0.250 e. The highest BCUT2D eigenvalue weighted by molar-refractivity contribution is 4.99. The van der Waals surface area contributed by atoms with Crippen molar-refractivity contribution in [1.29, 1.82) is 0 Å². The molecule has 80 valence electrons. The number of rotatable bonds is 1. The van der Waals surface area contributed by atoms with Gasteiger partial charge in [0.2, 0.25) is 6.33 Å². The second-order valence-electron chi connectivity index (χ2n) is 6.16. The average molecular weight is 203 g/mol. The topological polar surface area (TPSA) is 19.7 Å². The Hall–Kier alpha value is -0.790. The Bertz CT molecular complexity index is 331. The standard InChI is InChI=1S/C13H18N2/c1-2-15(9-14-1)13-6-10-3-11(7-13)5-12(4-10)8-13/h1-2,9-12H,3-8H2/p+1. The van der Waals surface area contributed by atoms with Gasteiger partial charge >= 0.3 is 0 Å². The van der Waals surface area contributed by atoms with E-state index >= 15 is 0 Å². The lowest BCUT2D eigenvalue weighted by Gasteiger charge is -2.54. The third-order valence-electron chi connectivity index (χ3n) is 5.10. The number of H-pyrrole nitrogens is 1. The molecule has 15 heavy (non-hydrogen) atoms. The Morgan fingerprint density at radius 3 is 2.07 bits per heavy atom. The first-order valence-electron chi connectivity index (χ1n) is 6.39. The van der Waals surface area contributed by atoms with E-state index in [4.69, 9.17) is 0 Å². The highest BCUT2D eigenvalue weighted by Crippen LogP contribution is 2.56. The lowest BCUT2D eigenvalue weighted by molar-refractivity contribution is -0.775. The van der Waals surface area contributed by atoms with Gasteiger partial charge in [-0.3, -0.25) is 4.98 Å². The lowest BCUT2D eigenvalue weighted by Crippen LogP contribution is -2.63. The molecule has 1 aromatic heterocycles. The molecule has 2 heteroatoms. The predicted molar refractivity (Wildman–Crippen MR) is 57.1 cm³/mol. The van der Waals surface area contributed by atoms with E-state index in [2.05, 4.69) is 28.3 Å². The van der Waals surface area contributed by atoms with Gasteiger partial charge in [0.1, 0.15) is 17.9 Å². The van der Waals surface area contributed by atoms with Crippen molar-refractivity contribution in [3.63, 3.8) is 0 Å². The van der Waals surface area contributed by atoms with E-state index in [0.29, 0.717) is 5.54 Å². The van der Waals surface area contributed by atoms with E-state index in [1.807, 2.05) is 0 Å². The van der Waals surface area contributed by atoms with E-state index in [-0.39, 0.29) is 0 Å². The first kappa shape index (κ1) is 8.37. The summed E-state index contributed by atoms with van der Waals surface area (Å²) in [5, 5.41) is 0. The second kappa shape index (κ2) is 2.66. The molecule has 5 rings (SSSR count). The quantitative estimate of drug-likeness (QED) is 0.675. The van der Waals surface area contributed by atoms with Crippen LogP contribution in [-0.2, 0) is 5.54 Å². The molecule has 0 saturated heterocycles. The molecule has 0 aromatic carbocycles. The van der Waals surface area contributed by atoms with Crippen LogP contribution in [0.4, 0.5) is 0 Å². The van der Waals surface area contributed by atoms with Gasteiger partial charge < -0.3 is 0 Å². The van der Waals surface area contributed by atoms with Crippen molar-refractivity contribution in [3.8, 4) is 0 Å². The molecule has 0 atom stereocenters. The van der Waals surface area contributed by atoms with Gasteiger partial charge in [0, 0.05) is 0 Å². The molecule has 1 heterocycles. The van der Waals surface area contributed by atoms with Crippen LogP contribution in [0.3, 0.4) is 0 Å². The molecule has 1 N–H and O–H groups in total. The Kier molecular flexibility index (Phi) is 1.48. The van der Waals surface area contributed by atoms with Crippen LogP contribution in [0.2, 0.25) is 0 Å². The summed E-state index contributed by atoms with van der Waals surface area (Å²) in [7, 11) is 0. The highest BCUT2D eigenvalue weighted by Gasteiger charge is 2.54. The van der Waals surface area contributed by atoms with Crippen molar-refractivity contribution in [2.45, 2.75) is 44.1 Å². The number of hydrogen-bond acceptors (Lipinski definition) is 0. The number of aromatic amines is 1. The molecule has 4 saturated carbocycles. The normalized spacial score (nSPS) is 47.3. The maximum absolute atomic E-state index is 3.22. The lowest BCUT2D eigenvalue weighted by atomic mass is 9.53. The zero-order valence-electron chi connectivity index (χ0n) is 9.15. The third-order valence-corrected chi connectivity index (χ3v) is 5.10. The van der Waals surface area contributed by atoms with Crippen LogP contribution in [0.25, 0.3) is 0 Å². The molecule has 4 bridgehead atoms. The van der Waals surface area contributed by atoms with E-state index in [9.17, 15) is 0 Å². The summed E-state index contributed by atoms with van der Waals surface area (Å²) in [5.74, 6) is 3.12. The number of aromatic nitrogens is 2. The largest absolute Gasteiger partial charge is 0.250 e. The summed E-state index contributed by atoms with van der Waals surface area (Å²) >= 11 is 0. The minimum atomic E-state index is 0.509. The Morgan fingerprint density at radius 2 is 1.60 bits per heavy atom. The van der Waals surface area contributed by atoms with E-state index in [1.165, 1.54) is 38.5 Å². The number of hydrogen-bond donors (Lipinski definition) is 1. The van der Waals surface area contributed by atoms with Gasteiger partial charge in [-0.15, -0.1) is 0 Å². The summed E-state index contributed by atoms with van der Waals surface area (Å²) in [6, 6.07) is 0. The van der Waals surface area contributed by atoms with Crippen LogP contribution >= 0.6 is 0 Å².